The average Bonchev–Trinajstić information content (AvgIpc) is 3.07. The minimum atomic E-state index is -4.81. The van der Waals surface area contributed by atoms with E-state index in [2.05, 4.69) is 20.6 Å². The van der Waals surface area contributed by atoms with Gasteiger partial charge in [0.2, 0.25) is 0 Å². The van der Waals surface area contributed by atoms with E-state index in [1.54, 1.807) is 48.5 Å². The van der Waals surface area contributed by atoms with Crippen LogP contribution in [0.1, 0.15) is 22.3 Å². The third-order valence-electron chi connectivity index (χ3n) is 7.53. The van der Waals surface area contributed by atoms with Crippen molar-refractivity contribution in [3.8, 4) is 11.5 Å². The Bertz CT molecular complexity index is 2450. The van der Waals surface area contributed by atoms with Crippen LogP contribution in [0.3, 0.4) is 0 Å². The number of pyridine rings is 2. The first kappa shape index (κ1) is 34.5. The van der Waals surface area contributed by atoms with Crippen LogP contribution in [0.5, 0.6) is 11.5 Å². The van der Waals surface area contributed by atoms with Crippen LogP contribution in [0.15, 0.2) is 107 Å². The fraction of sp³-hybridized carbons (Fsp3) is 0. The van der Waals surface area contributed by atoms with Gasteiger partial charge >= 0.3 is 0 Å². The van der Waals surface area contributed by atoms with Gasteiger partial charge in [-0.15, -0.1) is 0 Å². The van der Waals surface area contributed by atoms with Crippen molar-refractivity contribution < 1.29 is 36.2 Å². The van der Waals surface area contributed by atoms with E-state index in [0.717, 1.165) is 12.1 Å². The molecular weight excluding hydrogens is 721 g/mol. The van der Waals surface area contributed by atoms with Gasteiger partial charge in [0.1, 0.15) is 30.8 Å². The van der Waals surface area contributed by atoms with Gasteiger partial charge in [-0.3, -0.25) is 19.1 Å². The van der Waals surface area contributed by atoms with Crippen LogP contribution in [0.4, 0.5) is 11.4 Å². The SMILES string of the molecule is O=S(=O)(O)c1cc(NC(=S)c2ccc3cccnc3c2O)ccc1/C=C/c1ccc(NC(=S)c2ccc3cccnc3c2O)cc1S(=O)(=O)O. The molecule has 0 aliphatic heterocycles. The van der Waals surface area contributed by atoms with E-state index in [1.165, 1.54) is 48.8 Å². The molecule has 252 valence electrons. The van der Waals surface area contributed by atoms with Gasteiger partial charge in [-0.25, -0.2) is 0 Å². The number of benzene rings is 4. The minimum absolute atomic E-state index is 0.0215. The second-order valence-electron chi connectivity index (χ2n) is 10.8. The van der Waals surface area contributed by atoms with Crippen molar-refractivity contribution in [1.82, 2.24) is 9.97 Å². The van der Waals surface area contributed by atoms with Crippen molar-refractivity contribution in [3.05, 3.63) is 120 Å². The number of phenols is 2. The predicted molar refractivity (Wildman–Crippen MR) is 199 cm³/mol. The van der Waals surface area contributed by atoms with E-state index < -0.39 is 30.0 Å². The normalized spacial score (nSPS) is 12.0. The summed E-state index contributed by atoms with van der Waals surface area (Å²) in [6.07, 6.45) is 5.52. The lowest BCUT2D eigenvalue weighted by Crippen LogP contribution is -2.12. The molecule has 0 radical (unpaired) electrons. The van der Waals surface area contributed by atoms with Crippen LogP contribution < -0.4 is 10.6 Å². The molecule has 0 bridgehead atoms. The van der Waals surface area contributed by atoms with E-state index in [9.17, 15) is 36.2 Å². The van der Waals surface area contributed by atoms with Gasteiger partial charge in [-0.05, 0) is 59.7 Å². The smallest absolute Gasteiger partial charge is 0.295 e. The molecule has 12 nitrogen and oxygen atoms in total. The molecule has 6 N–H and O–H groups in total. The Balaban J connectivity index is 1.27. The summed E-state index contributed by atoms with van der Waals surface area (Å²) in [4.78, 5) is 7.37. The number of aromatic nitrogens is 2. The Morgan fingerprint density at radius 2 is 1.00 bits per heavy atom. The average molecular weight is 745 g/mol. The van der Waals surface area contributed by atoms with Gasteiger partial charge in [0.05, 0.1) is 11.1 Å². The maximum atomic E-state index is 12.4. The number of nitrogens with one attached hydrogen (secondary N) is 2. The molecule has 50 heavy (non-hydrogen) atoms. The Kier molecular flexibility index (Phi) is 9.32. The fourth-order valence-corrected chi connectivity index (χ4v) is 7.13. The first-order chi connectivity index (χ1) is 23.7. The van der Waals surface area contributed by atoms with Crippen molar-refractivity contribution in [2.75, 3.05) is 10.6 Å². The van der Waals surface area contributed by atoms with E-state index >= 15 is 0 Å². The number of nitrogens with zero attached hydrogens (tertiary/aromatic N) is 2. The second kappa shape index (κ2) is 13.5. The van der Waals surface area contributed by atoms with Crippen molar-refractivity contribution in [2.24, 2.45) is 0 Å². The summed E-state index contributed by atoms with van der Waals surface area (Å²) in [6, 6.07) is 21.4. The van der Waals surface area contributed by atoms with Gasteiger partial charge in [-0.2, -0.15) is 16.8 Å². The second-order valence-corrected chi connectivity index (χ2v) is 14.4. The molecule has 2 heterocycles. The topological polar surface area (TPSA) is 199 Å². The number of rotatable bonds is 8. The third kappa shape index (κ3) is 7.16. The first-order valence-corrected chi connectivity index (χ1v) is 18.1. The number of hydrogen-bond donors (Lipinski definition) is 6. The lowest BCUT2D eigenvalue weighted by atomic mass is 10.1. The summed E-state index contributed by atoms with van der Waals surface area (Å²) < 4.78 is 69.6. The first-order valence-electron chi connectivity index (χ1n) is 14.4. The van der Waals surface area contributed by atoms with Crippen molar-refractivity contribution in [2.45, 2.75) is 9.79 Å². The molecule has 0 spiro atoms. The molecule has 0 saturated carbocycles. The molecule has 0 saturated heterocycles. The van der Waals surface area contributed by atoms with E-state index in [0.29, 0.717) is 21.8 Å². The third-order valence-corrected chi connectivity index (χ3v) is 9.99. The molecule has 6 aromatic rings. The van der Waals surface area contributed by atoms with Gasteiger partial charge in [0.15, 0.2) is 11.5 Å². The van der Waals surface area contributed by atoms with Crippen LogP contribution in [0, 0.1) is 0 Å². The zero-order valence-electron chi connectivity index (χ0n) is 25.3. The molecule has 6 rings (SSSR count). The zero-order chi connectivity index (χ0) is 35.8. The molecule has 0 unspecified atom stereocenters. The highest BCUT2D eigenvalue weighted by Crippen LogP contribution is 2.31. The highest BCUT2D eigenvalue weighted by atomic mass is 32.2. The van der Waals surface area contributed by atoms with E-state index in [1.807, 2.05) is 0 Å². The van der Waals surface area contributed by atoms with Crippen molar-refractivity contribution in [3.63, 3.8) is 0 Å². The maximum absolute atomic E-state index is 12.4. The van der Waals surface area contributed by atoms with Crippen LogP contribution in [-0.2, 0) is 20.2 Å². The van der Waals surface area contributed by atoms with Gasteiger partial charge in [-0.1, -0.05) is 73.0 Å². The molecule has 0 atom stereocenters. The van der Waals surface area contributed by atoms with Crippen LogP contribution in [-0.4, -0.2) is 56.1 Å². The maximum Gasteiger partial charge on any atom is 0.295 e. The number of hydrogen-bond acceptors (Lipinski definition) is 10. The summed E-state index contributed by atoms with van der Waals surface area (Å²) >= 11 is 10.9. The summed E-state index contributed by atoms with van der Waals surface area (Å²) in [7, 11) is -9.62. The van der Waals surface area contributed by atoms with Gasteiger partial charge in [0, 0.05) is 34.5 Å². The Labute approximate surface area is 296 Å². The molecule has 0 aliphatic rings. The lowest BCUT2D eigenvalue weighted by molar-refractivity contribution is 0.479. The number of fused-ring (bicyclic) bond motifs is 2. The number of anilines is 2. The van der Waals surface area contributed by atoms with E-state index in [-0.39, 0.29) is 55.1 Å². The largest absolute Gasteiger partial charge is 0.505 e. The van der Waals surface area contributed by atoms with Crippen LogP contribution in [0.25, 0.3) is 34.0 Å². The number of thiocarbonyl (C=S) groups is 2. The molecule has 16 heteroatoms. The standard InChI is InChI=1S/C34H24N4O8S4/c39-31-25(13-9-21-3-1-15-35-29(21)31)33(47)37-23-11-7-19(27(17-23)49(41,42)43)5-6-20-8-12-24(18-28(20)50(44,45)46)38-34(48)26-14-10-22-4-2-16-36-30(22)32(26)40/h1-18,39-40H,(H,37,47)(H,38,48)(H,41,42,43)(H,44,45,46)/b6-5+. The van der Waals surface area contributed by atoms with Crippen LogP contribution >= 0.6 is 24.4 Å². The zero-order valence-corrected chi connectivity index (χ0v) is 28.6. The van der Waals surface area contributed by atoms with E-state index in [4.69, 9.17) is 24.4 Å². The van der Waals surface area contributed by atoms with Gasteiger partial charge < -0.3 is 20.8 Å². The molecule has 4 aromatic carbocycles. The molecule has 0 aliphatic carbocycles. The molecule has 0 fully saturated rings. The highest BCUT2D eigenvalue weighted by Gasteiger charge is 2.20. The molecular formula is C34H24N4O8S4. The monoisotopic (exact) mass is 744 g/mol. The molecule has 0 amide bonds. The Morgan fingerprint density at radius 1 is 0.600 bits per heavy atom. The molecule has 2 aromatic heterocycles. The minimum Gasteiger partial charge on any atom is -0.505 e. The summed E-state index contributed by atoms with van der Waals surface area (Å²) in [5.41, 5.74) is 1.42. The predicted octanol–water partition coefficient (Wildman–Crippen LogP) is 6.43. The lowest BCUT2D eigenvalue weighted by Gasteiger charge is -2.13. The number of phenolic OH excluding ortho intramolecular Hbond substituents is 2. The van der Waals surface area contributed by atoms with Gasteiger partial charge in [0.25, 0.3) is 20.2 Å². The quantitative estimate of drug-likeness (QED) is 0.0566. The Morgan fingerprint density at radius 3 is 1.38 bits per heavy atom. The Hall–Kier alpha value is -5.36. The summed E-state index contributed by atoms with van der Waals surface area (Å²) in [5, 5.41) is 28.5. The van der Waals surface area contributed by atoms with Crippen LogP contribution in [0.2, 0.25) is 0 Å². The van der Waals surface area contributed by atoms with Crippen molar-refractivity contribution in [1.29, 1.82) is 0 Å². The van der Waals surface area contributed by atoms with Crippen molar-refractivity contribution >= 4 is 100.0 Å². The number of aromatic hydroxyl groups is 2. The summed E-state index contributed by atoms with van der Waals surface area (Å²) in [6.45, 7) is 0. The highest BCUT2D eigenvalue weighted by molar-refractivity contribution is 7.86. The fourth-order valence-electron chi connectivity index (χ4n) is 5.15. The summed E-state index contributed by atoms with van der Waals surface area (Å²) in [5.74, 6) is -0.339.